The fourth-order valence-electron chi connectivity index (χ4n) is 4.96. The number of anilines is 1. The molecule has 204 valence electrons. The summed E-state index contributed by atoms with van der Waals surface area (Å²) in [4.78, 5) is 4.60. The van der Waals surface area contributed by atoms with Gasteiger partial charge in [0.15, 0.2) is 0 Å². The molecule has 0 saturated heterocycles. The minimum Gasteiger partial charge on any atom is -0.497 e. The number of aliphatic hydroxyl groups excluding tert-OH is 1. The van der Waals surface area contributed by atoms with Gasteiger partial charge in [0, 0.05) is 12.1 Å². The minimum absolute atomic E-state index is 0.400. The molecule has 2 atom stereocenters. The molecule has 4 aromatic carbocycles. The second-order valence-corrected chi connectivity index (χ2v) is 9.74. The van der Waals surface area contributed by atoms with E-state index in [-0.39, 0.29) is 0 Å². The first-order valence-corrected chi connectivity index (χ1v) is 13.5. The lowest BCUT2D eigenvalue weighted by Gasteiger charge is -2.17. The van der Waals surface area contributed by atoms with Gasteiger partial charge in [0.05, 0.1) is 25.2 Å². The van der Waals surface area contributed by atoms with E-state index in [2.05, 4.69) is 33.1 Å². The Hall–Kier alpha value is -5.12. The summed E-state index contributed by atoms with van der Waals surface area (Å²) in [5, 5.41) is 24.7. The highest BCUT2D eigenvalue weighted by Crippen LogP contribution is 2.42. The first-order valence-electron chi connectivity index (χ1n) is 13.5. The Balaban J connectivity index is 1.62. The van der Waals surface area contributed by atoms with Crippen molar-refractivity contribution in [3.8, 4) is 34.2 Å². The minimum atomic E-state index is -0.754. The molecular weight excluding hydrogens is 508 g/mol. The van der Waals surface area contributed by atoms with Crippen molar-refractivity contribution >= 4 is 12.2 Å². The van der Waals surface area contributed by atoms with E-state index in [1.165, 1.54) is 0 Å². The van der Waals surface area contributed by atoms with Crippen molar-refractivity contribution in [1.29, 1.82) is 5.26 Å². The lowest BCUT2D eigenvalue weighted by molar-refractivity contribution is 0.154. The SMILES string of the molecule is COc1ccc(Cn2c(NC=N[C@H](C)[C@@H](O)c3ccccc3)c(C#N)c(-c3ccccc3)c2-c2ccccc2)cc1. The summed E-state index contributed by atoms with van der Waals surface area (Å²) < 4.78 is 7.49. The van der Waals surface area contributed by atoms with E-state index in [9.17, 15) is 10.4 Å². The van der Waals surface area contributed by atoms with Crippen LogP contribution in [0.4, 0.5) is 5.82 Å². The van der Waals surface area contributed by atoms with Gasteiger partial charge in [-0.25, -0.2) is 0 Å². The molecule has 6 heteroatoms. The number of aliphatic imine (C=N–C) groups is 1. The fourth-order valence-corrected chi connectivity index (χ4v) is 4.96. The average molecular weight is 541 g/mol. The van der Waals surface area contributed by atoms with Crippen LogP contribution < -0.4 is 10.1 Å². The van der Waals surface area contributed by atoms with E-state index in [0.29, 0.717) is 17.9 Å². The third-order valence-corrected chi connectivity index (χ3v) is 7.09. The van der Waals surface area contributed by atoms with Gasteiger partial charge in [-0.1, -0.05) is 103 Å². The molecule has 0 radical (unpaired) electrons. The number of nitrogens with one attached hydrogen (secondary N) is 1. The van der Waals surface area contributed by atoms with Crippen molar-refractivity contribution < 1.29 is 9.84 Å². The summed E-state index contributed by atoms with van der Waals surface area (Å²) in [6.07, 6.45) is 0.830. The number of ether oxygens (including phenoxy) is 1. The van der Waals surface area contributed by atoms with Gasteiger partial charge >= 0.3 is 0 Å². The molecule has 0 aliphatic carbocycles. The van der Waals surface area contributed by atoms with Crippen LogP contribution in [-0.4, -0.2) is 29.2 Å². The van der Waals surface area contributed by atoms with Crippen molar-refractivity contribution in [3.63, 3.8) is 0 Å². The van der Waals surface area contributed by atoms with Gasteiger partial charge in [-0.15, -0.1) is 0 Å². The van der Waals surface area contributed by atoms with Crippen molar-refractivity contribution in [1.82, 2.24) is 4.57 Å². The maximum atomic E-state index is 10.8. The molecule has 1 heterocycles. The molecule has 5 rings (SSSR count). The molecule has 2 N–H and O–H groups in total. The van der Waals surface area contributed by atoms with Crippen LogP contribution in [0.25, 0.3) is 22.4 Å². The van der Waals surface area contributed by atoms with Crippen LogP contribution in [0.15, 0.2) is 120 Å². The summed E-state index contributed by atoms with van der Waals surface area (Å²) in [6.45, 7) is 2.37. The molecule has 41 heavy (non-hydrogen) atoms. The van der Waals surface area contributed by atoms with E-state index in [4.69, 9.17) is 4.74 Å². The van der Waals surface area contributed by atoms with Crippen LogP contribution in [0.5, 0.6) is 5.75 Å². The van der Waals surface area contributed by atoms with Gasteiger partial charge in [0.1, 0.15) is 29.3 Å². The standard InChI is InChI=1S/C35H32N4O2/c1-25(34(40)29-16-10-5-11-17-29)37-24-38-35-31(22-36)32(27-12-6-3-7-13-27)33(28-14-8-4-9-15-28)39(35)23-26-18-20-30(41-2)21-19-26/h3-21,24-25,34,40H,23H2,1-2H3,(H,37,38)/t25-,34-/m1/s1. The molecule has 0 saturated carbocycles. The first kappa shape index (κ1) is 27.4. The van der Waals surface area contributed by atoms with Crippen LogP contribution in [0.3, 0.4) is 0 Å². The molecule has 0 aliphatic heterocycles. The highest BCUT2D eigenvalue weighted by molar-refractivity contribution is 5.94. The van der Waals surface area contributed by atoms with Gasteiger partial charge in [-0.3, -0.25) is 4.99 Å². The molecule has 0 amide bonds. The Morgan fingerprint density at radius 3 is 2.05 bits per heavy atom. The highest BCUT2D eigenvalue weighted by atomic mass is 16.5. The fraction of sp³-hybridized carbons (Fsp3) is 0.143. The topological polar surface area (TPSA) is 82.6 Å². The number of nitrogens with zero attached hydrogens (tertiary/aromatic N) is 3. The van der Waals surface area contributed by atoms with Gasteiger partial charge in [-0.05, 0) is 41.3 Å². The summed E-state index contributed by atoms with van der Waals surface area (Å²) in [5.41, 5.74) is 6.09. The van der Waals surface area contributed by atoms with E-state index < -0.39 is 12.1 Å². The van der Waals surface area contributed by atoms with Gasteiger partial charge in [0.25, 0.3) is 0 Å². The van der Waals surface area contributed by atoms with E-state index in [0.717, 1.165) is 39.3 Å². The lowest BCUT2D eigenvalue weighted by atomic mass is 9.98. The van der Waals surface area contributed by atoms with Crippen LogP contribution in [0, 0.1) is 11.3 Å². The molecular formula is C35H32N4O2. The summed E-state index contributed by atoms with van der Waals surface area (Å²) in [6, 6.07) is 39.6. The molecule has 0 aliphatic rings. The predicted molar refractivity (Wildman–Crippen MR) is 165 cm³/mol. The zero-order chi connectivity index (χ0) is 28.6. The Morgan fingerprint density at radius 1 is 0.878 bits per heavy atom. The van der Waals surface area contributed by atoms with Crippen molar-refractivity contribution in [2.24, 2.45) is 4.99 Å². The summed E-state index contributed by atoms with van der Waals surface area (Å²) in [5.74, 6) is 1.41. The van der Waals surface area contributed by atoms with Gasteiger partial charge < -0.3 is 19.7 Å². The van der Waals surface area contributed by atoms with Gasteiger partial charge in [0.2, 0.25) is 0 Å². The largest absolute Gasteiger partial charge is 0.497 e. The second kappa shape index (κ2) is 12.8. The molecule has 5 aromatic rings. The van der Waals surface area contributed by atoms with Crippen LogP contribution in [0.2, 0.25) is 0 Å². The smallest absolute Gasteiger partial charge is 0.130 e. The van der Waals surface area contributed by atoms with Crippen molar-refractivity contribution in [3.05, 3.63) is 132 Å². The molecule has 0 unspecified atom stereocenters. The zero-order valence-corrected chi connectivity index (χ0v) is 23.1. The Bertz CT molecular complexity index is 1640. The molecule has 0 fully saturated rings. The summed E-state index contributed by atoms with van der Waals surface area (Å²) in [7, 11) is 1.65. The van der Waals surface area contributed by atoms with E-state index in [1.807, 2.05) is 110 Å². The predicted octanol–water partition coefficient (Wildman–Crippen LogP) is 7.31. The second-order valence-electron chi connectivity index (χ2n) is 9.74. The average Bonchev–Trinajstić information content (AvgIpc) is 3.34. The van der Waals surface area contributed by atoms with Gasteiger partial charge in [-0.2, -0.15) is 5.26 Å². The number of aliphatic hydroxyl groups is 1. The number of benzene rings is 4. The molecule has 0 bridgehead atoms. The number of aromatic nitrogens is 1. The third kappa shape index (κ3) is 6.06. The highest BCUT2D eigenvalue weighted by Gasteiger charge is 2.25. The quantitative estimate of drug-likeness (QED) is 0.144. The number of hydrogen-bond acceptors (Lipinski definition) is 4. The van der Waals surface area contributed by atoms with Crippen LogP contribution in [0.1, 0.15) is 29.7 Å². The van der Waals surface area contributed by atoms with E-state index in [1.54, 1.807) is 13.4 Å². The number of nitriles is 1. The maximum Gasteiger partial charge on any atom is 0.130 e. The Kier molecular flexibility index (Phi) is 8.58. The lowest BCUT2D eigenvalue weighted by Crippen LogP contribution is -2.15. The normalized spacial score (nSPS) is 12.5. The summed E-state index contributed by atoms with van der Waals surface area (Å²) >= 11 is 0. The number of hydrogen-bond donors (Lipinski definition) is 2. The van der Waals surface area contributed by atoms with Crippen molar-refractivity contribution in [2.75, 3.05) is 12.4 Å². The molecule has 1 aromatic heterocycles. The van der Waals surface area contributed by atoms with Crippen LogP contribution >= 0.6 is 0 Å². The first-order chi connectivity index (χ1) is 20.1. The van der Waals surface area contributed by atoms with Crippen LogP contribution in [-0.2, 0) is 6.54 Å². The molecule has 0 spiro atoms. The van der Waals surface area contributed by atoms with E-state index >= 15 is 0 Å². The number of methoxy groups -OCH3 is 1. The van der Waals surface area contributed by atoms with Crippen molar-refractivity contribution in [2.45, 2.75) is 25.6 Å². The Morgan fingerprint density at radius 2 is 1.46 bits per heavy atom. The maximum absolute atomic E-state index is 10.8. The third-order valence-electron chi connectivity index (χ3n) is 7.09. The number of rotatable bonds is 10. The monoisotopic (exact) mass is 540 g/mol. The Labute approximate surface area is 240 Å². The zero-order valence-electron chi connectivity index (χ0n) is 23.1. The molecule has 6 nitrogen and oxygen atoms in total.